The average Bonchev–Trinajstić information content (AvgIpc) is 3.19. The molecule has 0 aromatic rings. The molecule has 2 aliphatic rings. The summed E-state index contributed by atoms with van der Waals surface area (Å²) in [5.41, 5.74) is 0. The van der Waals surface area contributed by atoms with Gasteiger partial charge in [-0.1, -0.05) is 26.7 Å². The molecule has 0 N–H and O–H groups in total. The van der Waals surface area contributed by atoms with Crippen LogP contribution in [0.5, 0.6) is 0 Å². The second-order valence-corrected chi connectivity index (χ2v) is 4.37. The minimum absolute atomic E-state index is 0.154. The van der Waals surface area contributed by atoms with Crippen molar-refractivity contribution in [1.82, 2.24) is 0 Å². The third-order valence-electron chi connectivity index (χ3n) is 2.45. The Kier molecular flexibility index (Phi) is 8.61. The first-order valence-corrected chi connectivity index (χ1v) is 6.79. The highest BCUT2D eigenvalue weighted by atomic mass is 16.8. The maximum Gasteiger partial charge on any atom is 0.181 e. The SMILES string of the molecule is CCCCOC1CO1.CCCCOCC1CO1. The summed E-state index contributed by atoms with van der Waals surface area (Å²) >= 11 is 0. The highest BCUT2D eigenvalue weighted by Gasteiger charge is 2.22. The third kappa shape index (κ3) is 10.7. The van der Waals surface area contributed by atoms with Gasteiger partial charge in [0.2, 0.25) is 0 Å². The number of unbranched alkanes of at least 4 members (excludes halogenated alkanes) is 2. The lowest BCUT2D eigenvalue weighted by molar-refractivity contribution is 0.0486. The molecule has 0 amide bonds. The molecule has 0 aromatic heterocycles. The normalized spacial score (nSPS) is 25.1. The average molecular weight is 246 g/mol. The number of hydrogen-bond acceptors (Lipinski definition) is 4. The Morgan fingerprint density at radius 2 is 1.65 bits per heavy atom. The van der Waals surface area contributed by atoms with Crippen molar-refractivity contribution < 1.29 is 18.9 Å². The molecule has 17 heavy (non-hydrogen) atoms. The van der Waals surface area contributed by atoms with Crippen LogP contribution in [-0.2, 0) is 18.9 Å². The van der Waals surface area contributed by atoms with Gasteiger partial charge in [0.1, 0.15) is 12.7 Å². The van der Waals surface area contributed by atoms with E-state index in [-0.39, 0.29) is 6.29 Å². The quantitative estimate of drug-likeness (QED) is 0.463. The van der Waals surface area contributed by atoms with E-state index in [0.717, 1.165) is 39.5 Å². The predicted molar refractivity (Wildman–Crippen MR) is 66.1 cm³/mol. The van der Waals surface area contributed by atoms with Crippen molar-refractivity contribution >= 4 is 0 Å². The smallest absolute Gasteiger partial charge is 0.181 e. The van der Waals surface area contributed by atoms with Crippen molar-refractivity contribution in [2.75, 3.05) is 33.0 Å². The van der Waals surface area contributed by atoms with Crippen LogP contribution >= 0.6 is 0 Å². The van der Waals surface area contributed by atoms with Gasteiger partial charge in [-0.2, -0.15) is 0 Å². The Bertz CT molecular complexity index is 167. The monoisotopic (exact) mass is 246 g/mol. The lowest BCUT2D eigenvalue weighted by atomic mass is 10.4. The first-order chi connectivity index (χ1) is 8.36. The summed E-state index contributed by atoms with van der Waals surface area (Å²) in [6.07, 6.45) is 5.33. The lowest BCUT2D eigenvalue weighted by Crippen LogP contribution is -2.01. The van der Waals surface area contributed by atoms with Gasteiger partial charge in [-0.05, 0) is 12.8 Å². The second-order valence-electron chi connectivity index (χ2n) is 4.37. The van der Waals surface area contributed by atoms with E-state index in [0.29, 0.717) is 6.10 Å². The van der Waals surface area contributed by atoms with Crippen LogP contribution in [0, 0.1) is 0 Å². The molecule has 2 fully saturated rings. The molecule has 0 bridgehead atoms. The fraction of sp³-hybridized carbons (Fsp3) is 1.00. The van der Waals surface area contributed by atoms with Gasteiger partial charge < -0.3 is 18.9 Å². The summed E-state index contributed by atoms with van der Waals surface area (Å²) in [6, 6.07) is 0. The van der Waals surface area contributed by atoms with E-state index in [1.165, 1.54) is 19.3 Å². The zero-order chi connectivity index (χ0) is 12.3. The van der Waals surface area contributed by atoms with Crippen LogP contribution in [0.4, 0.5) is 0 Å². The van der Waals surface area contributed by atoms with Gasteiger partial charge in [-0.3, -0.25) is 0 Å². The second kappa shape index (κ2) is 9.83. The van der Waals surface area contributed by atoms with Crippen LogP contribution in [0.3, 0.4) is 0 Å². The van der Waals surface area contributed by atoms with Crippen LogP contribution in [0.2, 0.25) is 0 Å². The Balaban J connectivity index is 0.000000171. The summed E-state index contributed by atoms with van der Waals surface area (Å²) in [5.74, 6) is 0. The fourth-order valence-corrected chi connectivity index (χ4v) is 1.12. The van der Waals surface area contributed by atoms with Gasteiger partial charge in [-0.25, -0.2) is 0 Å². The zero-order valence-electron chi connectivity index (χ0n) is 11.2. The molecule has 2 aliphatic heterocycles. The molecule has 0 radical (unpaired) electrons. The van der Waals surface area contributed by atoms with E-state index >= 15 is 0 Å². The van der Waals surface area contributed by atoms with Crippen molar-refractivity contribution in [3.8, 4) is 0 Å². The van der Waals surface area contributed by atoms with Crippen molar-refractivity contribution in [3.05, 3.63) is 0 Å². The molecular formula is C13H26O4. The lowest BCUT2D eigenvalue weighted by Gasteiger charge is -1.97. The number of rotatable bonds is 9. The van der Waals surface area contributed by atoms with Gasteiger partial charge in [0.05, 0.1) is 13.2 Å². The Morgan fingerprint density at radius 3 is 2.18 bits per heavy atom. The molecular weight excluding hydrogens is 220 g/mol. The molecule has 2 heterocycles. The first kappa shape index (κ1) is 14.9. The van der Waals surface area contributed by atoms with Crippen molar-refractivity contribution in [1.29, 1.82) is 0 Å². The molecule has 102 valence electrons. The number of epoxide rings is 2. The number of hydrogen-bond donors (Lipinski definition) is 0. The summed E-state index contributed by atoms with van der Waals surface area (Å²) < 4.78 is 20.2. The summed E-state index contributed by atoms with van der Waals surface area (Å²) in [6.45, 7) is 8.60. The van der Waals surface area contributed by atoms with E-state index < -0.39 is 0 Å². The largest absolute Gasteiger partial charge is 0.379 e. The molecule has 2 unspecified atom stereocenters. The van der Waals surface area contributed by atoms with Crippen LogP contribution in [-0.4, -0.2) is 45.4 Å². The van der Waals surface area contributed by atoms with Gasteiger partial charge in [0.15, 0.2) is 6.29 Å². The minimum atomic E-state index is 0.154. The highest BCUT2D eigenvalue weighted by Crippen LogP contribution is 2.10. The van der Waals surface area contributed by atoms with Crippen molar-refractivity contribution in [3.63, 3.8) is 0 Å². The van der Waals surface area contributed by atoms with E-state index in [4.69, 9.17) is 18.9 Å². The standard InChI is InChI=1S/C7H14O2.C6H12O2/c1-2-3-4-8-5-7-6-9-7;1-2-3-4-7-6-5-8-6/h7H,2-6H2,1H3;6H,2-5H2,1H3. The van der Waals surface area contributed by atoms with Gasteiger partial charge in [0, 0.05) is 13.2 Å². The van der Waals surface area contributed by atoms with E-state index in [9.17, 15) is 0 Å². The molecule has 0 saturated carbocycles. The summed E-state index contributed by atoms with van der Waals surface area (Å²) in [4.78, 5) is 0. The molecule has 0 aliphatic carbocycles. The third-order valence-corrected chi connectivity index (χ3v) is 2.45. The molecule has 4 nitrogen and oxygen atoms in total. The van der Waals surface area contributed by atoms with Crippen LogP contribution < -0.4 is 0 Å². The molecule has 2 atom stereocenters. The Morgan fingerprint density at radius 1 is 1.00 bits per heavy atom. The molecule has 0 aromatic carbocycles. The first-order valence-electron chi connectivity index (χ1n) is 6.79. The van der Waals surface area contributed by atoms with Crippen LogP contribution in [0.25, 0.3) is 0 Å². The van der Waals surface area contributed by atoms with Crippen molar-refractivity contribution in [2.45, 2.75) is 51.9 Å². The van der Waals surface area contributed by atoms with Crippen molar-refractivity contribution in [2.24, 2.45) is 0 Å². The number of ether oxygens (including phenoxy) is 4. The predicted octanol–water partition coefficient (Wildman–Crippen LogP) is 2.36. The van der Waals surface area contributed by atoms with Gasteiger partial charge >= 0.3 is 0 Å². The molecule has 2 saturated heterocycles. The van der Waals surface area contributed by atoms with Gasteiger partial charge in [-0.15, -0.1) is 0 Å². The fourth-order valence-electron chi connectivity index (χ4n) is 1.12. The summed E-state index contributed by atoms with van der Waals surface area (Å²) in [7, 11) is 0. The Hall–Kier alpha value is -0.160. The molecule has 2 rings (SSSR count). The van der Waals surface area contributed by atoms with Crippen LogP contribution in [0.15, 0.2) is 0 Å². The maximum absolute atomic E-state index is 5.27. The Labute approximate surface area is 105 Å². The van der Waals surface area contributed by atoms with Gasteiger partial charge in [0.25, 0.3) is 0 Å². The zero-order valence-corrected chi connectivity index (χ0v) is 11.2. The topological polar surface area (TPSA) is 43.5 Å². The van der Waals surface area contributed by atoms with Crippen LogP contribution in [0.1, 0.15) is 39.5 Å². The summed E-state index contributed by atoms with van der Waals surface area (Å²) in [5, 5.41) is 0. The molecule has 0 spiro atoms. The molecule has 4 heteroatoms. The highest BCUT2D eigenvalue weighted by molar-refractivity contribution is 4.66. The van der Waals surface area contributed by atoms with E-state index in [1.54, 1.807) is 0 Å². The van der Waals surface area contributed by atoms with E-state index in [2.05, 4.69) is 13.8 Å². The minimum Gasteiger partial charge on any atom is -0.379 e. The van der Waals surface area contributed by atoms with E-state index in [1.807, 2.05) is 0 Å². The maximum atomic E-state index is 5.27.